The summed E-state index contributed by atoms with van der Waals surface area (Å²) in [5.41, 5.74) is 5.62. The number of nitrogens with zero attached hydrogens (tertiary/aromatic N) is 2. The van der Waals surface area contributed by atoms with E-state index in [2.05, 4.69) is 20.2 Å². The predicted molar refractivity (Wildman–Crippen MR) is 112 cm³/mol. The zero-order valence-electron chi connectivity index (χ0n) is 16.0. The van der Waals surface area contributed by atoms with Gasteiger partial charge in [-0.2, -0.15) is 5.10 Å². The normalized spacial score (nSPS) is 11.4. The fourth-order valence-electron chi connectivity index (χ4n) is 2.62. The zero-order chi connectivity index (χ0) is 20.9. The summed E-state index contributed by atoms with van der Waals surface area (Å²) in [4.78, 5) is 16.2. The molecule has 148 valence electrons. The van der Waals surface area contributed by atoms with E-state index >= 15 is 0 Å². The van der Waals surface area contributed by atoms with Crippen LogP contribution < -0.4 is 10.1 Å². The van der Waals surface area contributed by atoms with Crippen molar-refractivity contribution in [1.29, 1.82) is 0 Å². The van der Waals surface area contributed by atoms with Crippen molar-refractivity contribution in [2.24, 2.45) is 5.10 Å². The maximum Gasteiger partial charge on any atom is 0.271 e. The van der Waals surface area contributed by atoms with E-state index in [1.165, 1.54) is 30.5 Å². The molecule has 0 aliphatic carbocycles. The first-order valence-electron chi connectivity index (χ1n) is 8.79. The van der Waals surface area contributed by atoms with E-state index in [0.717, 1.165) is 16.7 Å². The van der Waals surface area contributed by atoms with E-state index in [-0.39, 0.29) is 10.5 Å². The Balaban J connectivity index is 1.75. The van der Waals surface area contributed by atoms with Gasteiger partial charge >= 0.3 is 0 Å². The van der Waals surface area contributed by atoms with Gasteiger partial charge in [0.2, 0.25) is 0 Å². The minimum Gasteiger partial charge on any atom is -0.279 e. The Kier molecular flexibility index (Phi) is 6.04. The highest BCUT2D eigenvalue weighted by Crippen LogP contribution is 2.21. The van der Waals surface area contributed by atoms with E-state index in [1.54, 1.807) is 30.6 Å². The Bertz CT molecular complexity index is 1160. The number of rotatable bonds is 6. The lowest BCUT2D eigenvalue weighted by atomic mass is 10.1. The largest absolute Gasteiger partial charge is 0.279 e. The molecule has 0 unspecified atom stereocenters. The summed E-state index contributed by atoms with van der Waals surface area (Å²) in [6.45, 7) is 3.76. The van der Waals surface area contributed by atoms with Gasteiger partial charge in [0, 0.05) is 23.5 Å². The fraction of sp³-hybridized carbons (Fsp3) is 0.0952. The van der Waals surface area contributed by atoms with Crippen molar-refractivity contribution in [2.75, 3.05) is 4.72 Å². The van der Waals surface area contributed by atoms with Gasteiger partial charge in [-0.3, -0.25) is 14.5 Å². The van der Waals surface area contributed by atoms with Crippen molar-refractivity contribution in [1.82, 2.24) is 10.4 Å². The van der Waals surface area contributed by atoms with Crippen LogP contribution in [0, 0.1) is 13.8 Å². The van der Waals surface area contributed by atoms with E-state index < -0.39 is 15.9 Å². The summed E-state index contributed by atoms with van der Waals surface area (Å²) >= 11 is 0. The lowest BCUT2D eigenvalue weighted by molar-refractivity contribution is 0.0955. The lowest BCUT2D eigenvalue weighted by Crippen LogP contribution is -2.19. The highest BCUT2D eigenvalue weighted by molar-refractivity contribution is 7.92. The molecule has 1 heterocycles. The van der Waals surface area contributed by atoms with Crippen LogP contribution in [0.4, 0.5) is 5.69 Å². The predicted octanol–water partition coefficient (Wildman–Crippen LogP) is 3.26. The standard InChI is InChI=1S/C21H20N4O3S/c1-15-8-9-20(16(2)11-15)25-29(27,28)19-7-3-6-18(12-19)21(26)24-23-14-17-5-4-10-22-13-17/h3-14,25H,1-2H3,(H,24,26)/b23-14+. The number of aromatic nitrogens is 1. The first kappa shape index (κ1) is 20.2. The number of aryl methyl sites for hydroxylation is 2. The van der Waals surface area contributed by atoms with Crippen molar-refractivity contribution in [3.05, 3.63) is 89.2 Å². The second kappa shape index (κ2) is 8.66. The number of pyridine rings is 1. The molecule has 3 rings (SSSR count). The number of carbonyl (C=O) groups is 1. The molecule has 3 aromatic rings. The number of hydrogen-bond acceptors (Lipinski definition) is 5. The maximum absolute atomic E-state index is 12.7. The molecule has 0 aliphatic heterocycles. The van der Waals surface area contributed by atoms with Crippen LogP contribution in [0.2, 0.25) is 0 Å². The van der Waals surface area contributed by atoms with Crippen LogP contribution in [-0.4, -0.2) is 25.5 Å². The van der Waals surface area contributed by atoms with Gasteiger partial charge in [0.05, 0.1) is 16.8 Å². The molecule has 0 spiro atoms. The highest BCUT2D eigenvalue weighted by atomic mass is 32.2. The summed E-state index contributed by atoms with van der Waals surface area (Å²) in [6.07, 6.45) is 4.68. The van der Waals surface area contributed by atoms with Crippen molar-refractivity contribution >= 4 is 27.8 Å². The SMILES string of the molecule is Cc1ccc(NS(=O)(=O)c2cccc(C(=O)N/N=C/c3cccnc3)c2)c(C)c1. The second-order valence-electron chi connectivity index (χ2n) is 6.44. The molecule has 0 aliphatic rings. The van der Waals surface area contributed by atoms with Gasteiger partial charge in [-0.25, -0.2) is 13.8 Å². The molecule has 1 aromatic heterocycles. The number of hydrazone groups is 1. The molecule has 0 radical (unpaired) electrons. The van der Waals surface area contributed by atoms with Crippen LogP contribution in [0.15, 0.2) is 77.0 Å². The molecule has 2 aromatic carbocycles. The first-order chi connectivity index (χ1) is 13.8. The Morgan fingerprint density at radius 3 is 2.62 bits per heavy atom. The van der Waals surface area contributed by atoms with Crippen molar-refractivity contribution < 1.29 is 13.2 Å². The molecule has 0 bridgehead atoms. The molecule has 0 fully saturated rings. The Morgan fingerprint density at radius 1 is 1.07 bits per heavy atom. The number of carbonyl (C=O) groups excluding carboxylic acids is 1. The van der Waals surface area contributed by atoms with Crippen LogP contribution in [-0.2, 0) is 10.0 Å². The van der Waals surface area contributed by atoms with Gasteiger partial charge in [-0.15, -0.1) is 0 Å². The van der Waals surface area contributed by atoms with Crippen LogP contribution in [0.1, 0.15) is 27.0 Å². The number of benzene rings is 2. The molecule has 29 heavy (non-hydrogen) atoms. The summed E-state index contributed by atoms with van der Waals surface area (Å²) in [7, 11) is -3.84. The fourth-order valence-corrected chi connectivity index (χ4v) is 3.79. The highest BCUT2D eigenvalue weighted by Gasteiger charge is 2.17. The zero-order valence-corrected chi connectivity index (χ0v) is 16.8. The van der Waals surface area contributed by atoms with Crippen molar-refractivity contribution in [2.45, 2.75) is 18.7 Å². The van der Waals surface area contributed by atoms with Crippen LogP contribution in [0.3, 0.4) is 0 Å². The lowest BCUT2D eigenvalue weighted by Gasteiger charge is -2.12. The average molecular weight is 408 g/mol. The smallest absolute Gasteiger partial charge is 0.271 e. The number of hydrogen-bond donors (Lipinski definition) is 2. The van der Waals surface area contributed by atoms with Gasteiger partial charge in [-0.1, -0.05) is 29.8 Å². The molecule has 8 heteroatoms. The van der Waals surface area contributed by atoms with Crippen LogP contribution in [0.25, 0.3) is 0 Å². The number of anilines is 1. The molecular weight excluding hydrogens is 388 g/mol. The molecule has 2 N–H and O–H groups in total. The van der Waals surface area contributed by atoms with Crippen LogP contribution >= 0.6 is 0 Å². The third-order valence-electron chi connectivity index (χ3n) is 4.10. The molecule has 1 amide bonds. The molecular formula is C21H20N4O3S. The summed E-state index contributed by atoms with van der Waals surface area (Å²) < 4.78 is 28.0. The number of amides is 1. The third-order valence-corrected chi connectivity index (χ3v) is 5.46. The summed E-state index contributed by atoms with van der Waals surface area (Å²) in [6, 6.07) is 14.7. The monoisotopic (exact) mass is 408 g/mol. The van der Waals surface area contributed by atoms with Gasteiger partial charge < -0.3 is 0 Å². The average Bonchev–Trinajstić information content (AvgIpc) is 2.71. The van der Waals surface area contributed by atoms with Crippen LogP contribution in [0.5, 0.6) is 0 Å². The van der Waals surface area contributed by atoms with Gasteiger partial charge in [-0.05, 0) is 49.7 Å². The number of sulfonamides is 1. The minimum absolute atomic E-state index is 0.0126. The van der Waals surface area contributed by atoms with Crippen molar-refractivity contribution in [3.8, 4) is 0 Å². The first-order valence-corrected chi connectivity index (χ1v) is 10.3. The Labute approximate surface area is 169 Å². The van der Waals surface area contributed by atoms with Gasteiger partial charge in [0.15, 0.2) is 0 Å². The minimum atomic E-state index is -3.84. The molecule has 0 saturated carbocycles. The quantitative estimate of drug-likeness (QED) is 0.483. The molecule has 0 atom stereocenters. The van der Waals surface area contributed by atoms with Gasteiger partial charge in [0.1, 0.15) is 0 Å². The second-order valence-corrected chi connectivity index (χ2v) is 8.12. The molecule has 0 saturated heterocycles. The Hall–Kier alpha value is -3.52. The third kappa shape index (κ3) is 5.26. The van der Waals surface area contributed by atoms with E-state index in [9.17, 15) is 13.2 Å². The van der Waals surface area contributed by atoms with Crippen molar-refractivity contribution in [3.63, 3.8) is 0 Å². The topological polar surface area (TPSA) is 101 Å². The Morgan fingerprint density at radius 2 is 1.90 bits per heavy atom. The number of nitrogens with one attached hydrogen (secondary N) is 2. The summed E-state index contributed by atoms with van der Waals surface area (Å²) in [5, 5.41) is 3.87. The van der Waals surface area contributed by atoms with E-state index in [0.29, 0.717) is 5.69 Å². The maximum atomic E-state index is 12.7. The van der Waals surface area contributed by atoms with Gasteiger partial charge in [0.25, 0.3) is 15.9 Å². The van der Waals surface area contributed by atoms with E-state index in [1.807, 2.05) is 26.0 Å². The van der Waals surface area contributed by atoms with E-state index in [4.69, 9.17) is 0 Å². The summed E-state index contributed by atoms with van der Waals surface area (Å²) in [5.74, 6) is -0.520. The molecule has 7 nitrogen and oxygen atoms in total.